The lowest BCUT2D eigenvalue weighted by atomic mass is 9.91. The standard InChI is InChI=1S/C29H38Cl2N4O2Si/c1-18-26(28(36)33-25-10-8-7-9-24(25)32)34-27(22-16-11-19(30)17-23(22)31)35(18)20-12-14-21(15-13-20)37-38(5,6)29(2,3)4/h11-17,24-25H,7-10,32H2,1-6H3,(H,33,36)/t24-,25+/m1/s1. The van der Waals surface area contributed by atoms with Crippen molar-refractivity contribution in [2.75, 3.05) is 0 Å². The smallest absolute Gasteiger partial charge is 0.272 e. The average molecular weight is 574 g/mol. The van der Waals surface area contributed by atoms with Crippen molar-refractivity contribution in [3.05, 3.63) is 63.9 Å². The van der Waals surface area contributed by atoms with Crippen LogP contribution in [0.2, 0.25) is 28.2 Å². The molecule has 2 aromatic carbocycles. The number of hydrogen-bond donors (Lipinski definition) is 2. The molecule has 1 aromatic heterocycles. The highest BCUT2D eigenvalue weighted by Gasteiger charge is 2.39. The molecule has 1 amide bonds. The molecule has 2 atom stereocenters. The first-order valence-corrected chi connectivity index (χ1v) is 16.9. The number of imidazole rings is 1. The van der Waals surface area contributed by atoms with Crippen LogP contribution in [0.15, 0.2) is 42.5 Å². The Kier molecular flexibility index (Phi) is 8.33. The summed E-state index contributed by atoms with van der Waals surface area (Å²) in [6.45, 7) is 13.0. The predicted molar refractivity (Wildman–Crippen MR) is 159 cm³/mol. The number of carbonyl (C=O) groups excluding carboxylic acids is 1. The molecular formula is C29H38Cl2N4O2Si. The van der Waals surface area contributed by atoms with Gasteiger partial charge in [-0.2, -0.15) is 0 Å². The second-order valence-electron chi connectivity index (χ2n) is 11.7. The van der Waals surface area contributed by atoms with Crippen LogP contribution < -0.4 is 15.5 Å². The number of aromatic nitrogens is 2. The maximum atomic E-state index is 13.4. The Balaban J connectivity index is 1.74. The molecule has 1 aliphatic carbocycles. The molecule has 38 heavy (non-hydrogen) atoms. The summed E-state index contributed by atoms with van der Waals surface area (Å²) in [7, 11) is -1.98. The second-order valence-corrected chi connectivity index (χ2v) is 17.3. The zero-order valence-electron chi connectivity index (χ0n) is 23.1. The van der Waals surface area contributed by atoms with Gasteiger partial charge in [0.05, 0.1) is 10.7 Å². The number of amides is 1. The fourth-order valence-electron chi connectivity index (χ4n) is 4.57. The molecule has 0 bridgehead atoms. The van der Waals surface area contributed by atoms with Gasteiger partial charge in [-0.1, -0.05) is 56.8 Å². The Morgan fingerprint density at radius 2 is 1.76 bits per heavy atom. The highest BCUT2D eigenvalue weighted by atomic mass is 35.5. The van der Waals surface area contributed by atoms with Gasteiger partial charge in [-0.3, -0.25) is 9.36 Å². The Morgan fingerprint density at radius 1 is 1.11 bits per heavy atom. The first kappa shape index (κ1) is 28.7. The van der Waals surface area contributed by atoms with Crippen LogP contribution in [0, 0.1) is 6.92 Å². The van der Waals surface area contributed by atoms with Crippen molar-refractivity contribution >= 4 is 37.4 Å². The highest BCUT2D eigenvalue weighted by molar-refractivity contribution is 6.74. The fourth-order valence-corrected chi connectivity index (χ4v) is 6.10. The number of nitrogens with one attached hydrogen (secondary N) is 1. The van der Waals surface area contributed by atoms with E-state index in [0.717, 1.165) is 37.1 Å². The van der Waals surface area contributed by atoms with Crippen molar-refractivity contribution < 1.29 is 9.22 Å². The van der Waals surface area contributed by atoms with Crippen molar-refractivity contribution in [1.82, 2.24) is 14.9 Å². The lowest BCUT2D eigenvalue weighted by Gasteiger charge is -2.36. The number of nitrogens with zero attached hydrogens (tertiary/aromatic N) is 2. The van der Waals surface area contributed by atoms with E-state index in [0.29, 0.717) is 32.8 Å². The van der Waals surface area contributed by atoms with Crippen LogP contribution in [-0.2, 0) is 0 Å². The lowest BCUT2D eigenvalue weighted by molar-refractivity contribution is 0.0916. The van der Waals surface area contributed by atoms with E-state index in [4.69, 9.17) is 38.3 Å². The van der Waals surface area contributed by atoms with E-state index < -0.39 is 8.32 Å². The van der Waals surface area contributed by atoms with Crippen molar-refractivity contribution in [3.63, 3.8) is 0 Å². The molecule has 3 aromatic rings. The van der Waals surface area contributed by atoms with Crippen LogP contribution in [0.1, 0.15) is 62.6 Å². The molecule has 1 saturated carbocycles. The average Bonchev–Trinajstić information content (AvgIpc) is 3.17. The molecule has 0 aliphatic heterocycles. The van der Waals surface area contributed by atoms with Crippen molar-refractivity contribution in [1.29, 1.82) is 0 Å². The molecule has 0 radical (unpaired) electrons. The van der Waals surface area contributed by atoms with Gasteiger partial charge in [-0.15, -0.1) is 0 Å². The number of hydrogen-bond acceptors (Lipinski definition) is 4. The summed E-state index contributed by atoms with van der Waals surface area (Å²) < 4.78 is 8.43. The molecule has 4 rings (SSSR count). The Hall–Kier alpha value is -2.32. The van der Waals surface area contributed by atoms with E-state index in [2.05, 4.69) is 39.2 Å². The Bertz CT molecular complexity index is 1320. The molecule has 0 unspecified atom stereocenters. The van der Waals surface area contributed by atoms with Crippen LogP contribution >= 0.6 is 23.2 Å². The molecule has 6 nitrogen and oxygen atoms in total. The topological polar surface area (TPSA) is 82.2 Å². The summed E-state index contributed by atoms with van der Waals surface area (Å²) in [5, 5.41) is 4.22. The number of halogens is 2. The van der Waals surface area contributed by atoms with Gasteiger partial charge < -0.3 is 15.5 Å². The first-order chi connectivity index (χ1) is 17.8. The van der Waals surface area contributed by atoms with Crippen LogP contribution in [0.5, 0.6) is 5.75 Å². The normalized spacial score (nSPS) is 18.3. The zero-order chi connectivity index (χ0) is 27.8. The third-order valence-corrected chi connectivity index (χ3v) is 12.8. The maximum absolute atomic E-state index is 13.4. The van der Waals surface area contributed by atoms with Crippen LogP contribution in [0.25, 0.3) is 17.1 Å². The predicted octanol–water partition coefficient (Wildman–Crippen LogP) is 7.54. The molecule has 0 spiro atoms. The van der Waals surface area contributed by atoms with Gasteiger partial charge in [0.25, 0.3) is 5.91 Å². The van der Waals surface area contributed by atoms with Gasteiger partial charge in [0.2, 0.25) is 8.32 Å². The van der Waals surface area contributed by atoms with Crippen LogP contribution in [0.4, 0.5) is 0 Å². The minimum absolute atomic E-state index is 0.0475. The number of benzene rings is 2. The Labute approximate surface area is 237 Å². The van der Waals surface area contributed by atoms with E-state index in [9.17, 15) is 4.79 Å². The van der Waals surface area contributed by atoms with Crippen molar-refractivity contribution in [2.24, 2.45) is 5.73 Å². The largest absolute Gasteiger partial charge is 0.544 e. The van der Waals surface area contributed by atoms with Crippen LogP contribution in [-0.4, -0.2) is 35.9 Å². The zero-order valence-corrected chi connectivity index (χ0v) is 25.6. The molecule has 9 heteroatoms. The van der Waals surface area contributed by atoms with E-state index in [1.165, 1.54) is 0 Å². The SMILES string of the molecule is Cc1c(C(=O)N[C@H]2CCCC[C@H]2N)nc(-c2ccc(Cl)cc2Cl)n1-c1ccc(O[Si](C)(C)C(C)(C)C)cc1. The quantitative estimate of drug-likeness (QED) is 0.299. The first-order valence-electron chi connectivity index (χ1n) is 13.2. The van der Waals surface area contributed by atoms with Gasteiger partial charge in [0.1, 0.15) is 17.3 Å². The van der Waals surface area contributed by atoms with Crippen molar-refractivity contribution in [2.45, 2.75) is 83.6 Å². The molecule has 0 saturated heterocycles. The third kappa shape index (κ3) is 5.96. The minimum Gasteiger partial charge on any atom is -0.544 e. The lowest BCUT2D eigenvalue weighted by Crippen LogP contribution is -2.49. The minimum atomic E-state index is -1.98. The van der Waals surface area contributed by atoms with Gasteiger partial charge in [-0.05, 0) is 80.4 Å². The molecule has 1 heterocycles. The van der Waals surface area contributed by atoms with Gasteiger partial charge in [0.15, 0.2) is 0 Å². The van der Waals surface area contributed by atoms with Crippen molar-refractivity contribution in [3.8, 4) is 22.8 Å². The van der Waals surface area contributed by atoms with E-state index >= 15 is 0 Å². The summed E-state index contributed by atoms with van der Waals surface area (Å²) in [5.74, 6) is 1.17. The maximum Gasteiger partial charge on any atom is 0.272 e. The summed E-state index contributed by atoms with van der Waals surface area (Å²) in [4.78, 5) is 18.2. The Morgan fingerprint density at radius 3 is 2.37 bits per heavy atom. The fraction of sp³-hybridized carbons (Fsp3) is 0.448. The molecule has 204 valence electrons. The molecule has 1 aliphatic rings. The summed E-state index contributed by atoms with van der Waals surface area (Å²) >= 11 is 12.8. The van der Waals surface area contributed by atoms with E-state index in [-0.39, 0.29) is 23.0 Å². The number of nitrogens with two attached hydrogens (primary N) is 1. The highest BCUT2D eigenvalue weighted by Crippen LogP contribution is 2.38. The van der Waals surface area contributed by atoms with Gasteiger partial charge >= 0.3 is 0 Å². The van der Waals surface area contributed by atoms with E-state index in [1.54, 1.807) is 12.1 Å². The molecular weight excluding hydrogens is 535 g/mol. The third-order valence-electron chi connectivity index (χ3n) is 7.90. The summed E-state index contributed by atoms with van der Waals surface area (Å²) in [6, 6.07) is 13.1. The van der Waals surface area contributed by atoms with E-state index in [1.807, 2.05) is 41.8 Å². The molecule has 1 fully saturated rings. The van der Waals surface area contributed by atoms with Crippen LogP contribution in [0.3, 0.4) is 0 Å². The monoisotopic (exact) mass is 572 g/mol. The summed E-state index contributed by atoms with van der Waals surface area (Å²) in [5.41, 5.74) is 8.91. The number of carbonyl (C=O) groups is 1. The number of rotatable bonds is 6. The van der Waals surface area contributed by atoms with Gasteiger partial charge in [0, 0.05) is 28.4 Å². The van der Waals surface area contributed by atoms with Gasteiger partial charge in [-0.25, -0.2) is 4.98 Å². The summed E-state index contributed by atoms with van der Waals surface area (Å²) in [6.07, 6.45) is 3.93. The second kappa shape index (κ2) is 11.0. The molecule has 3 N–H and O–H groups in total.